The Hall–Kier alpha value is -1.62. The maximum Gasteiger partial charge on any atom is 0.325 e. The van der Waals surface area contributed by atoms with Crippen LogP contribution in [0.25, 0.3) is 0 Å². The molecule has 1 aromatic rings. The van der Waals surface area contributed by atoms with Crippen LogP contribution in [-0.4, -0.2) is 32.2 Å². The summed E-state index contributed by atoms with van der Waals surface area (Å²) in [4.78, 5) is 13.4. The molecule has 5 heteroatoms. The maximum atomic E-state index is 13.1. The quantitative estimate of drug-likeness (QED) is 0.616. The zero-order valence-electron chi connectivity index (χ0n) is 12.4. The fourth-order valence-corrected chi connectivity index (χ4v) is 2.02. The summed E-state index contributed by atoms with van der Waals surface area (Å²) in [6, 6.07) is 6.48. The second-order valence-corrected chi connectivity index (χ2v) is 5.27. The minimum Gasteiger partial charge on any atom is -0.468 e. The number of methoxy groups -OCH3 is 1. The van der Waals surface area contributed by atoms with E-state index in [9.17, 15) is 9.18 Å². The number of hydrogen-bond donors (Lipinski definition) is 1. The molecule has 0 fully saturated rings. The smallest absolute Gasteiger partial charge is 0.325 e. The summed E-state index contributed by atoms with van der Waals surface area (Å²) in [5.74, 6) is -0.634. The third-order valence-electron chi connectivity index (χ3n) is 3.34. The minimum absolute atomic E-state index is 0.241. The zero-order valence-corrected chi connectivity index (χ0v) is 12.4. The van der Waals surface area contributed by atoms with Gasteiger partial charge in [0.25, 0.3) is 0 Å². The average molecular weight is 282 g/mol. The molecule has 4 nitrogen and oxygen atoms in total. The number of anilines is 1. The summed E-state index contributed by atoms with van der Waals surface area (Å²) in [6.45, 7) is 2.45. The highest BCUT2D eigenvalue weighted by atomic mass is 19.1. The predicted molar refractivity (Wildman–Crippen MR) is 78.1 cm³/mol. The van der Waals surface area contributed by atoms with Crippen molar-refractivity contribution in [1.82, 2.24) is 0 Å². The largest absolute Gasteiger partial charge is 0.468 e. The fraction of sp³-hybridized carbons (Fsp3) is 0.533. The Kier molecular flexibility index (Phi) is 5.95. The van der Waals surface area contributed by atoms with Crippen LogP contribution in [0.3, 0.4) is 0 Å². The number of carbonyl (C=O) groups is 1. The van der Waals surface area contributed by atoms with Gasteiger partial charge in [0.2, 0.25) is 0 Å². The van der Waals surface area contributed by atoms with Gasteiger partial charge in [-0.05, 0) is 44.4 Å². The van der Waals surface area contributed by atoms with Gasteiger partial charge in [0.15, 0.2) is 0 Å². The van der Waals surface area contributed by atoms with E-state index in [-0.39, 0.29) is 5.82 Å². The van der Waals surface area contributed by atoms with Crippen LogP contribution in [0.5, 0.6) is 0 Å². The van der Waals surface area contributed by atoms with Crippen LogP contribution in [0, 0.1) is 5.82 Å². The number of esters is 1. The number of nitrogens with two attached hydrogens (primary N) is 1. The number of carbonyl (C=O) groups excluding carboxylic acids is 1. The standard InChI is InChI=1S/C15H23FN2O2/c1-15(17,14(19)20-3)9-4-5-10-18(2)13-8-6-7-12(16)11-13/h6-8,11H,4-5,9-10,17H2,1-3H3. The molecule has 0 heterocycles. The lowest BCUT2D eigenvalue weighted by atomic mass is 9.96. The molecular weight excluding hydrogens is 259 g/mol. The molecule has 0 spiro atoms. The van der Waals surface area contributed by atoms with Crippen LogP contribution in [0.1, 0.15) is 26.2 Å². The lowest BCUT2D eigenvalue weighted by Gasteiger charge is -2.23. The van der Waals surface area contributed by atoms with Crippen LogP contribution in [-0.2, 0) is 9.53 Å². The van der Waals surface area contributed by atoms with Crippen molar-refractivity contribution in [2.45, 2.75) is 31.7 Å². The van der Waals surface area contributed by atoms with Gasteiger partial charge in [-0.1, -0.05) is 6.07 Å². The van der Waals surface area contributed by atoms with Crippen LogP contribution in [0.2, 0.25) is 0 Å². The molecule has 0 aliphatic carbocycles. The van der Waals surface area contributed by atoms with Crippen LogP contribution in [0.4, 0.5) is 10.1 Å². The number of rotatable bonds is 7. The normalized spacial score (nSPS) is 13.7. The summed E-state index contributed by atoms with van der Waals surface area (Å²) in [7, 11) is 3.25. The molecule has 0 saturated carbocycles. The van der Waals surface area contributed by atoms with Crippen molar-refractivity contribution in [3.8, 4) is 0 Å². The van der Waals surface area contributed by atoms with Crippen LogP contribution < -0.4 is 10.6 Å². The highest BCUT2D eigenvalue weighted by molar-refractivity contribution is 5.79. The Morgan fingerprint density at radius 3 is 2.75 bits per heavy atom. The first-order valence-corrected chi connectivity index (χ1v) is 6.71. The van der Waals surface area contributed by atoms with E-state index in [0.29, 0.717) is 6.42 Å². The molecular formula is C15H23FN2O2. The fourth-order valence-electron chi connectivity index (χ4n) is 2.02. The van der Waals surface area contributed by atoms with Crippen molar-refractivity contribution in [1.29, 1.82) is 0 Å². The molecule has 0 radical (unpaired) electrons. The molecule has 0 saturated heterocycles. The van der Waals surface area contributed by atoms with Crippen LogP contribution in [0.15, 0.2) is 24.3 Å². The Balaban J connectivity index is 2.36. The summed E-state index contributed by atoms with van der Waals surface area (Å²) >= 11 is 0. The molecule has 20 heavy (non-hydrogen) atoms. The molecule has 112 valence electrons. The van der Waals surface area contributed by atoms with E-state index in [0.717, 1.165) is 25.1 Å². The molecule has 1 atom stereocenters. The molecule has 2 N–H and O–H groups in total. The highest BCUT2D eigenvalue weighted by Crippen LogP contribution is 2.16. The van der Waals surface area contributed by atoms with E-state index in [4.69, 9.17) is 5.73 Å². The highest BCUT2D eigenvalue weighted by Gasteiger charge is 2.28. The maximum absolute atomic E-state index is 13.1. The van der Waals surface area contributed by atoms with Crippen molar-refractivity contribution in [2.24, 2.45) is 5.73 Å². The number of unbranched alkanes of at least 4 members (excludes halogenated alkanes) is 1. The average Bonchev–Trinajstić information content (AvgIpc) is 2.42. The first-order valence-electron chi connectivity index (χ1n) is 6.71. The summed E-state index contributed by atoms with van der Waals surface area (Å²) in [5.41, 5.74) is 5.78. The molecule has 0 bridgehead atoms. The van der Waals surface area contributed by atoms with Gasteiger partial charge in [0, 0.05) is 19.3 Å². The molecule has 0 amide bonds. The molecule has 0 aliphatic rings. The van der Waals surface area contributed by atoms with Gasteiger partial charge in [-0.2, -0.15) is 0 Å². The van der Waals surface area contributed by atoms with Crippen molar-refractivity contribution in [3.63, 3.8) is 0 Å². The first kappa shape index (κ1) is 16.4. The van der Waals surface area contributed by atoms with Crippen LogP contribution >= 0.6 is 0 Å². The van der Waals surface area contributed by atoms with Gasteiger partial charge in [0.1, 0.15) is 11.4 Å². The van der Waals surface area contributed by atoms with Gasteiger partial charge in [-0.25, -0.2) is 4.39 Å². The zero-order chi connectivity index (χ0) is 15.2. The van der Waals surface area contributed by atoms with Gasteiger partial charge in [-0.3, -0.25) is 4.79 Å². The Morgan fingerprint density at radius 1 is 1.45 bits per heavy atom. The van der Waals surface area contributed by atoms with Crippen molar-refractivity contribution in [2.75, 3.05) is 25.6 Å². The summed E-state index contributed by atoms with van der Waals surface area (Å²) in [5, 5.41) is 0. The lowest BCUT2D eigenvalue weighted by Crippen LogP contribution is -2.45. The number of nitrogens with zero attached hydrogens (tertiary/aromatic N) is 1. The monoisotopic (exact) mass is 282 g/mol. The predicted octanol–water partition coefficient (Wildman–Crippen LogP) is 2.32. The topological polar surface area (TPSA) is 55.6 Å². The number of ether oxygens (including phenoxy) is 1. The molecule has 1 unspecified atom stereocenters. The van der Waals surface area contributed by atoms with Gasteiger partial charge >= 0.3 is 5.97 Å². The third-order valence-corrected chi connectivity index (χ3v) is 3.34. The second-order valence-electron chi connectivity index (χ2n) is 5.27. The first-order chi connectivity index (χ1) is 9.36. The van der Waals surface area contributed by atoms with Gasteiger partial charge in [-0.15, -0.1) is 0 Å². The molecule has 0 aromatic heterocycles. The van der Waals surface area contributed by atoms with E-state index >= 15 is 0 Å². The van der Waals surface area contributed by atoms with Crippen molar-refractivity contribution < 1.29 is 13.9 Å². The SMILES string of the molecule is COC(=O)C(C)(N)CCCCN(C)c1cccc(F)c1. The van der Waals surface area contributed by atoms with Crippen molar-refractivity contribution >= 4 is 11.7 Å². The van der Waals surface area contributed by atoms with E-state index in [1.165, 1.54) is 19.2 Å². The molecule has 1 aromatic carbocycles. The number of halogens is 1. The van der Waals surface area contributed by atoms with E-state index in [2.05, 4.69) is 4.74 Å². The Bertz CT molecular complexity index is 449. The van der Waals surface area contributed by atoms with Crippen molar-refractivity contribution in [3.05, 3.63) is 30.1 Å². The van der Waals surface area contributed by atoms with E-state index < -0.39 is 11.5 Å². The summed E-state index contributed by atoms with van der Waals surface area (Å²) < 4.78 is 17.8. The molecule has 1 rings (SSSR count). The minimum atomic E-state index is -0.938. The van der Waals surface area contributed by atoms with E-state index in [1.807, 2.05) is 18.0 Å². The van der Waals surface area contributed by atoms with E-state index in [1.54, 1.807) is 13.0 Å². The molecule has 0 aliphatic heterocycles. The van der Waals surface area contributed by atoms with Gasteiger partial charge in [0.05, 0.1) is 7.11 Å². The number of benzene rings is 1. The summed E-state index contributed by atoms with van der Waals surface area (Å²) in [6.07, 6.45) is 2.25. The Morgan fingerprint density at radius 2 is 2.15 bits per heavy atom. The lowest BCUT2D eigenvalue weighted by molar-refractivity contribution is -0.146. The van der Waals surface area contributed by atoms with Gasteiger partial charge < -0.3 is 15.4 Å². The third kappa shape index (κ3) is 4.81. The Labute approximate surface area is 119 Å². The second kappa shape index (κ2) is 7.24. The number of hydrogen-bond acceptors (Lipinski definition) is 4.